The van der Waals surface area contributed by atoms with E-state index in [4.69, 9.17) is 21.7 Å². The van der Waals surface area contributed by atoms with Gasteiger partial charge in [0, 0.05) is 6.42 Å². The van der Waals surface area contributed by atoms with Crippen molar-refractivity contribution in [3.05, 3.63) is 32.8 Å². The number of methoxy groups -OCH3 is 2. The fourth-order valence-corrected chi connectivity index (χ4v) is 2.79. The second-order valence-corrected chi connectivity index (χ2v) is 5.73. The molecule has 118 valence electrons. The molecule has 0 aliphatic rings. The van der Waals surface area contributed by atoms with Gasteiger partial charge in [0.1, 0.15) is 0 Å². The summed E-state index contributed by atoms with van der Waals surface area (Å²) in [5.41, 5.74) is 0.857. The summed E-state index contributed by atoms with van der Waals surface area (Å²) in [6.07, 6.45) is 3.48. The molecule has 1 aromatic heterocycles. The number of hydrogen-bond donors (Lipinski definition) is 1. The third kappa shape index (κ3) is 3.56. The smallest absolute Gasteiger partial charge is 0.216 e. The second kappa shape index (κ2) is 7.55. The normalized spacial score (nSPS) is 11.1. The summed E-state index contributed by atoms with van der Waals surface area (Å²) in [7, 11) is 3.19. The van der Waals surface area contributed by atoms with Gasteiger partial charge in [-0.1, -0.05) is 6.92 Å². The van der Waals surface area contributed by atoms with Crippen molar-refractivity contribution in [1.82, 2.24) is 14.9 Å². The largest absolute Gasteiger partial charge is 0.493 e. The molecule has 0 saturated heterocycles. The summed E-state index contributed by atoms with van der Waals surface area (Å²) in [5, 5.41) is 11.3. The molecule has 2 aromatic rings. The molecule has 0 atom stereocenters. The van der Waals surface area contributed by atoms with Crippen LogP contribution in [-0.2, 0) is 6.42 Å². The highest BCUT2D eigenvalue weighted by Crippen LogP contribution is 2.35. The minimum atomic E-state index is 0.472. The van der Waals surface area contributed by atoms with Crippen LogP contribution in [0.25, 0.3) is 0 Å². The van der Waals surface area contributed by atoms with Gasteiger partial charge in [-0.25, -0.2) is 0 Å². The van der Waals surface area contributed by atoms with Gasteiger partial charge >= 0.3 is 0 Å². The van der Waals surface area contributed by atoms with Gasteiger partial charge in [0.05, 0.1) is 24.9 Å². The van der Waals surface area contributed by atoms with Crippen LogP contribution in [0.5, 0.6) is 11.5 Å². The van der Waals surface area contributed by atoms with Crippen molar-refractivity contribution < 1.29 is 9.47 Å². The molecule has 0 bridgehead atoms. The van der Waals surface area contributed by atoms with Gasteiger partial charge in [0.25, 0.3) is 0 Å². The molecule has 1 N–H and O–H groups in total. The van der Waals surface area contributed by atoms with Crippen LogP contribution >= 0.6 is 28.1 Å². The van der Waals surface area contributed by atoms with Crippen molar-refractivity contribution in [3.8, 4) is 11.5 Å². The van der Waals surface area contributed by atoms with Crippen molar-refractivity contribution in [3.63, 3.8) is 0 Å². The van der Waals surface area contributed by atoms with Crippen LogP contribution in [-0.4, -0.2) is 35.3 Å². The van der Waals surface area contributed by atoms with E-state index < -0.39 is 0 Å². The Hall–Kier alpha value is -1.67. The van der Waals surface area contributed by atoms with E-state index in [1.807, 2.05) is 12.1 Å². The van der Waals surface area contributed by atoms with Gasteiger partial charge in [0.2, 0.25) is 4.77 Å². The van der Waals surface area contributed by atoms with E-state index in [0.717, 1.165) is 28.7 Å². The van der Waals surface area contributed by atoms with Crippen LogP contribution in [0, 0.1) is 4.77 Å². The van der Waals surface area contributed by atoms with Gasteiger partial charge < -0.3 is 9.47 Å². The second-order valence-electron chi connectivity index (χ2n) is 4.49. The Morgan fingerprint density at radius 1 is 1.41 bits per heavy atom. The van der Waals surface area contributed by atoms with E-state index >= 15 is 0 Å². The lowest BCUT2D eigenvalue weighted by Crippen LogP contribution is -1.99. The van der Waals surface area contributed by atoms with Crippen molar-refractivity contribution >= 4 is 34.4 Å². The fraction of sp³-hybridized carbons (Fsp3) is 0.357. The molecule has 0 aliphatic carbocycles. The van der Waals surface area contributed by atoms with Crippen molar-refractivity contribution in [2.24, 2.45) is 5.10 Å². The maximum atomic E-state index is 5.32. The number of rotatable bonds is 6. The van der Waals surface area contributed by atoms with Gasteiger partial charge in [-0.15, -0.1) is 0 Å². The third-order valence-corrected chi connectivity index (χ3v) is 3.82. The van der Waals surface area contributed by atoms with Crippen molar-refractivity contribution in [2.45, 2.75) is 19.8 Å². The van der Waals surface area contributed by atoms with Gasteiger partial charge in [-0.3, -0.25) is 5.10 Å². The Morgan fingerprint density at radius 2 is 2.18 bits per heavy atom. The zero-order valence-corrected chi connectivity index (χ0v) is 15.0. The molecule has 0 spiro atoms. The lowest BCUT2D eigenvalue weighted by atomic mass is 10.2. The topological polar surface area (TPSA) is 64.4 Å². The highest BCUT2D eigenvalue weighted by molar-refractivity contribution is 9.10. The standard InChI is InChI=1S/C14H17BrN4O2S/c1-4-5-12-17-18-14(22)19(12)16-8-9-6-10(15)13(21-3)11(7-9)20-2/h6-8H,4-5H2,1-3H3,(H,18,22)/b16-8-. The van der Waals surface area contributed by atoms with Crippen LogP contribution in [0.2, 0.25) is 0 Å². The lowest BCUT2D eigenvalue weighted by Gasteiger charge is -2.10. The number of nitrogens with zero attached hydrogens (tertiary/aromatic N) is 3. The molecule has 0 amide bonds. The molecule has 0 radical (unpaired) electrons. The average Bonchev–Trinajstić information content (AvgIpc) is 2.85. The molecule has 0 unspecified atom stereocenters. The number of nitrogens with one attached hydrogen (secondary N) is 1. The fourth-order valence-electron chi connectivity index (χ4n) is 1.97. The number of H-pyrrole nitrogens is 1. The van der Waals surface area contributed by atoms with Crippen LogP contribution in [0.4, 0.5) is 0 Å². The predicted octanol–water partition coefficient (Wildman–Crippen LogP) is 3.56. The van der Waals surface area contributed by atoms with Crippen LogP contribution in [0.1, 0.15) is 24.7 Å². The van der Waals surface area contributed by atoms with Gasteiger partial charge in [-0.05, 0) is 52.3 Å². The molecular weight excluding hydrogens is 368 g/mol. The van der Waals surface area contributed by atoms with Crippen LogP contribution in [0.3, 0.4) is 0 Å². The van der Waals surface area contributed by atoms with Crippen LogP contribution < -0.4 is 9.47 Å². The summed E-state index contributed by atoms with van der Waals surface area (Å²) in [5.74, 6) is 2.08. The number of ether oxygens (including phenoxy) is 2. The molecule has 22 heavy (non-hydrogen) atoms. The van der Waals surface area contributed by atoms with Crippen molar-refractivity contribution in [2.75, 3.05) is 14.2 Å². The highest BCUT2D eigenvalue weighted by Gasteiger charge is 2.10. The number of benzene rings is 1. The summed E-state index contributed by atoms with van der Waals surface area (Å²) >= 11 is 8.65. The SMILES string of the molecule is CCCc1n[nH]c(=S)n1/N=C\c1cc(Br)c(OC)c(OC)c1. The molecule has 0 aliphatic heterocycles. The Morgan fingerprint density at radius 3 is 2.82 bits per heavy atom. The first-order chi connectivity index (χ1) is 10.6. The molecule has 6 nitrogen and oxygen atoms in total. The lowest BCUT2D eigenvalue weighted by molar-refractivity contribution is 0.353. The Bertz CT molecular complexity index is 739. The zero-order chi connectivity index (χ0) is 16.1. The number of aromatic nitrogens is 3. The zero-order valence-electron chi connectivity index (χ0n) is 12.6. The van der Waals surface area contributed by atoms with Crippen molar-refractivity contribution in [1.29, 1.82) is 0 Å². The molecule has 1 aromatic carbocycles. The average molecular weight is 385 g/mol. The van der Waals surface area contributed by atoms with E-state index in [1.165, 1.54) is 0 Å². The Kier molecular flexibility index (Phi) is 5.73. The van der Waals surface area contributed by atoms with E-state index in [0.29, 0.717) is 16.3 Å². The first-order valence-electron chi connectivity index (χ1n) is 6.72. The predicted molar refractivity (Wildman–Crippen MR) is 91.6 cm³/mol. The third-order valence-electron chi connectivity index (χ3n) is 2.97. The van der Waals surface area contributed by atoms with E-state index in [1.54, 1.807) is 25.1 Å². The van der Waals surface area contributed by atoms with E-state index in [-0.39, 0.29) is 0 Å². The van der Waals surface area contributed by atoms with E-state index in [9.17, 15) is 0 Å². The highest BCUT2D eigenvalue weighted by atomic mass is 79.9. The molecule has 2 rings (SSSR count). The van der Waals surface area contributed by atoms with E-state index in [2.05, 4.69) is 38.2 Å². The molecule has 8 heteroatoms. The van der Waals surface area contributed by atoms with Gasteiger partial charge in [-0.2, -0.15) is 14.9 Å². The molecular formula is C14H17BrN4O2S. The number of hydrogen-bond acceptors (Lipinski definition) is 5. The minimum absolute atomic E-state index is 0.472. The summed E-state index contributed by atoms with van der Waals surface area (Å²) < 4.78 is 13.5. The molecule has 0 fully saturated rings. The first kappa shape index (κ1) is 16.7. The summed E-state index contributed by atoms with van der Waals surface area (Å²) in [4.78, 5) is 0. The maximum absolute atomic E-state index is 5.32. The minimum Gasteiger partial charge on any atom is -0.493 e. The number of aromatic amines is 1. The number of halogens is 1. The molecule has 0 saturated carbocycles. The molecule has 1 heterocycles. The summed E-state index contributed by atoms with van der Waals surface area (Å²) in [6, 6.07) is 3.74. The summed E-state index contributed by atoms with van der Waals surface area (Å²) in [6.45, 7) is 2.08. The monoisotopic (exact) mass is 384 g/mol. The maximum Gasteiger partial charge on any atom is 0.216 e. The van der Waals surface area contributed by atoms with Gasteiger partial charge in [0.15, 0.2) is 17.3 Å². The Labute approximate surface area is 142 Å². The van der Waals surface area contributed by atoms with Crippen LogP contribution in [0.15, 0.2) is 21.7 Å². The quantitative estimate of drug-likeness (QED) is 0.610. The number of aryl methyl sites for hydroxylation is 1. The Balaban J connectivity index is 2.37. The first-order valence-corrected chi connectivity index (χ1v) is 7.93.